The lowest BCUT2D eigenvalue weighted by molar-refractivity contribution is -0.137. The third kappa shape index (κ3) is 3.79. The van der Waals surface area contributed by atoms with Crippen LogP contribution in [-0.2, 0) is 12.7 Å². The fourth-order valence-corrected chi connectivity index (χ4v) is 2.59. The molecule has 0 unspecified atom stereocenters. The average Bonchev–Trinajstić information content (AvgIpc) is 2.56. The van der Waals surface area contributed by atoms with Crippen molar-refractivity contribution in [1.29, 1.82) is 0 Å². The van der Waals surface area contributed by atoms with Gasteiger partial charge in [0.15, 0.2) is 0 Å². The van der Waals surface area contributed by atoms with Crippen molar-refractivity contribution in [3.05, 3.63) is 94.0 Å². The average molecular weight is 347 g/mol. The fraction of sp³-hybridized carbons (Fsp3) is 0.105. The molecule has 0 aliphatic heterocycles. The summed E-state index contributed by atoms with van der Waals surface area (Å²) in [6.45, 7) is -0.0288. The van der Waals surface area contributed by atoms with E-state index < -0.39 is 23.1 Å². The van der Waals surface area contributed by atoms with Crippen LogP contribution in [0.1, 0.15) is 11.1 Å². The lowest BCUT2D eigenvalue weighted by Crippen LogP contribution is -2.24. The molecule has 0 spiro atoms. The summed E-state index contributed by atoms with van der Waals surface area (Å²) in [5.74, 6) is -0.473. The Morgan fingerprint density at radius 3 is 2.24 bits per heavy atom. The largest absolute Gasteiger partial charge is 0.416 e. The van der Waals surface area contributed by atoms with Crippen molar-refractivity contribution < 1.29 is 17.6 Å². The molecule has 2 nitrogen and oxygen atoms in total. The number of hydrogen-bond donors (Lipinski definition) is 0. The van der Waals surface area contributed by atoms with E-state index in [-0.39, 0.29) is 12.2 Å². The van der Waals surface area contributed by atoms with Gasteiger partial charge in [0.2, 0.25) is 0 Å². The first kappa shape index (κ1) is 17.0. The Kier molecular flexibility index (Phi) is 4.44. The highest BCUT2D eigenvalue weighted by Gasteiger charge is 2.32. The van der Waals surface area contributed by atoms with Gasteiger partial charge in [-0.3, -0.25) is 4.79 Å². The quantitative estimate of drug-likeness (QED) is 0.628. The highest BCUT2D eigenvalue weighted by atomic mass is 19.4. The molecule has 0 amide bonds. The van der Waals surface area contributed by atoms with E-state index in [1.807, 2.05) is 0 Å². The molecule has 128 valence electrons. The van der Waals surface area contributed by atoms with Crippen LogP contribution in [0.5, 0.6) is 0 Å². The van der Waals surface area contributed by atoms with E-state index in [4.69, 9.17) is 0 Å². The lowest BCUT2D eigenvalue weighted by Gasteiger charge is -2.16. The highest BCUT2D eigenvalue weighted by molar-refractivity contribution is 5.60. The van der Waals surface area contributed by atoms with Crippen molar-refractivity contribution in [2.75, 3.05) is 0 Å². The molecule has 0 aliphatic carbocycles. The first-order chi connectivity index (χ1) is 11.8. The zero-order chi connectivity index (χ0) is 18.0. The molecule has 6 heteroatoms. The van der Waals surface area contributed by atoms with Crippen molar-refractivity contribution in [1.82, 2.24) is 4.57 Å². The first-order valence-corrected chi connectivity index (χ1v) is 7.46. The molecule has 1 heterocycles. The summed E-state index contributed by atoms with van der Waals surface area (Å²) in [5.41, 5.74) is -0.712. The Balaban J connectivity index is 2.18. The minimum absolute atomic E-state index is 0.0288. The van der Waals surface area contributed by atoms with Crippen molar-refractivity contribution in [3.63, 3.8) is 0 Å². The van der Waals surface area contributed by atoms with E-state index in [2.05, 4.69) is 0 Å². The zero-order valence-corrected chi connectivity index (χ0v) is 12.9. The van der Waals surface area contributed by atoms with Crippen LogP contribution in [0.15, 0.2) is 71.5 Å². The second kappa shape index (κ2) is 6.55. The Labute approximate surface area is 141 Å². The molecular weight excluding hydrogens is 334 g/mol. The first-order valence-electron chi connectivity index (χ1n) is 7.46. The molecule has 0 saturated heterocycles. The molecule has 0 N–H and O–H groups in total. The SMILES string of the molecule is O=c1cc(C(F)(F)F)cc(-c2ccccc2)n1Cc1cccc(F)c1. The monoisotopic (exact) mass is 347 g/mol. The molecule has 0 radical (unpaired) electrons. The van der Waals surface area contributed by atoms with Gasteiger partial charge in [-0.2, -0.15) is 13.2 Å². The minimum atomic E-state index is -4.62. The van der Waals surface area contributed by atoms with Gasteiger partial charge in [0.1, 0.15) is 5.82 Å². The van der Waals surface area contributed by atoms with Gasteiger partial charge in [-0.25, -0.2) is 4.39 Å². The smallest absolute Gasteiger partial charge is 0.304 e. The third-order valence-electron chi connectivity index (χ3n) is 3.75. The van der Waals surface area contributed by atoms with Crippen LogP contribution < -0.4 is 5.56 Å². The van der Waals surface area contributed by atoms with Crippen LogP contribution in [0.4, 0.5) is 17.6 Å². The molecule has 2 aromatic carbocycles. The van der Waals surface area contributed by atoms with E-state index in [9.17, 15) is 22.4 Å². The van der Waals surface area contributed by atoms with Crippen LogP contribution in [-0.4, -0.2) is 4.57 Å². The van der Waals surface area contributed by atoms with Gasteiger partial charge in [0.05, 0.1) is 17.8 Å². The number of alkyl halides is 3. The molecule has 3 aromatic rings. The van der Waals surface area contributed by atoms with Crippen LogP contribution in [0, 0.1) is 5.82 Å². The zero-order valence-electron chi connectivity index (χ0n) is 12.9. The van der Waals surface area contributed by atoms with Crippen molar-refractivity contribution in [2.24, 2.45) is 0 Å². The van der Waals surface area contributed by atoms with Gasteiger partial charge in [-0.1, -0.05) is 42.5 Å². The van der Waals surface area contributed by atoms with Crippen LogP contribution >= 0.6 is 0 Å². The molecule has 0 fully saturated rings. The lowest BCUT2D eigenvalue weighted by atomic mass is 10.1. The molecular formula is C19H13F4NO. The summed E-state index contributed by atoms with van der Waals surface area (Å²) >= 11 is 0. The number of nitrogens with zero attached hydrogens (tertiary/aromatic N) is 1. The second-order valence-corrected chi connectivity index (χ2v) is 5.55. The molecule has 0 bridgehead atoms. The molecule has 1 aromatic heterocycles. The van der Waals surface area contributed by atoms with Crippen LogP contribution in [0.25, 0.3) is 11.3 Å². The summed E-state index contributed by atoms with van der Waals surface area (Å²) in [7, 11) is 0. The van der Waals surface area contributed by atoms with Gasteiger partial charge >= 0.3 is 6.18 Å². The highest BCUT2D eigenvalue weighted by Crippen LogP contribution is 2.31. The van der Waals surface area contributed by atoms with Gasteiger partial charge in [0.25, 0.3) is 5.56 Å². The third-order valence-corrected chi connectivity index (χ3v) is 3.75. The molecule has 0 saturated carbocycles. The van der Waals surface area contributed by atoms with Gasteiger partial charge in [-0.15, -0.1) is 0 Å². The fourth-order valence-electron chi connectivity index (χ4n) is 2.59. The van der Waals surface area contributed by atoms with Crippen molar-refractivity contribution in [3.8, 4) is 11.3 Å². The van der Waals surface area contributed by atoms with Crippen molar-refractivity contribution >= 4 is 0 Å². The number of benzene rings is 2. The predicted octanol–water partition coefficient (Wildman–Crippen LogP) is 4.72. The number of pyridine rings is 1. The summed E-state index contributed by atoms with van der Waals surface area (Å²) in [6.07, 6.45) is -4.62. The maximum atomic E-state index is 13.4. The van der Waals surface area contributed by atoms with Crippen molar-refractivity contribution in [2.45, 2.75) is 12.7 Å². The maximum Gasteiger partial charge on any atom is 0.416 e. The van der Waals surface area contributed by atoms with Crippen LogP contribution in [0.2, 0.25) is 0 Å². The minimum Gasteiger partial charge on any atom is -0.304 e. The molecule has 0 atom stereocenters. The summed E-state index contributed by atoms with van der Waals surface area (Å²) in [5, 5.41) is 0. The number of aromatic nitrogens is 1. The summed E-state index contributed by atoms with van der Waals surface area (Å²) < 4.78 is 53.8. The van der Waals surface area contributed by atoms with E-state index in [1.54, 1.807) is 36.4 Å². The normalized spacial score (nSPS) is 11.5. The van der Waals surface area contributed by atoms with E-state index in [1.165, 1.54) is 22.8 Å². The van der Waals surface area contributed by atoms with E-state index in [0.717, 1.165) is 6.07 Å². The molecule has 0 aliphatic rings. The van der Waals surface area contributed by atoms with Gasteiger partial charge in [0, 0.05) is 6.07 Å². The Hall–Kier alpha value is -2.89. The topological polar surface area (TPSA) is 22.0 Å². The van der Waals surface area contributed by atoms with Gasteiger partial charge < -0.3 is 4.57 Å². The Bertz CT molecular complexity index is 946. The number of hydrogen-bond acceptors (Lipinski definition) is 1. The van der Waals surface area contributed by atoms with E-state index >= 15 is 0 Å². The Morgan fingerprint density at radius 1 is 0.880 bits per heavy atom. The number of halogens is 4. The van der Waals surface area contributed by atoms with E-state index in [0.29, 0.717) is 17.2 Å². The number of rotatable bonds is 3. The maximum absolute atomic E-state index is 13.4. The standard InChI is InChI=1S/C19H13F4NO/c20-16-8-4-5-13(9-16)12-24-17(14-6-2-1-3-7-14)10-15(11-18(24)25)19(21,22)23/h1-11H,12H2. The predicted molar refractivity (Wildman–Crippen MR) is 86.6 cm³/mol. The second-order valence-electron chi connectivity index (χ2n) is 5.55. The Morgan fingerprint density at radius 2 is 1.60 bits per heavy atom. The summed E-state index contributed by atoms with van der Waals surface area (Å²) in [6, 6.07) is 15.4. The van der Waals surface area contributed by atoms with Gasteiger partial charge in [-0.05, 0) is 29.3 Å². The van der Waals surface area contributed by atoms with Crippen LogP contribution in [0.3, 0.4) is 0 Å². The molecule has 25 heavy (non-hydrogen) atoms. The molecule has 3 rings (SSSR count). The summed E-state index contributed by atoms with van der Waals surface area (Å²) in [4.78, 5) is 12.3.